The van der Waals surface area contributed by atoms with E-state index >= 15 is 0 Å². The normalized spacial score (nSPS) is 12.5. The maximum absolute atomic E-state index is 9.46. The first kappa shape index (κ1) is 13.8. The second-order valence-corrected chi connectivity index (χ2v) is 4.62. The summed E-state index contributed by atoms with van der Waals surface area (Å²) in [5, 5.41) is 12.8. The number of aliphatic hydroxyl groups excluding tert-OH is 1. The molecule has 0 unspecified atom stereocenters. The van der Waals surface area contributed by atoms with Crippen molar-refractivity contribution in [1.29, 1.82) is 0 Å². The summed E-state index contributed by atoms with van der Waals surface area (Å²) in [5.41, 5.74) is 2.38. The van der Waals surface area contributed by atoms with Crippen LogP contribution in [0.2, 0.25) is 0 Å². The highest BCUT2D eigenvalue weighted by Crippen LogP contribution is 2.05. The van der Waals surface area contributed by atoms with Crippen LogP contribution in [-0.4, -0.2) is 27.3 Å². The lowest BCUT2D eigenvalue weighted by molar-refractivity contribution is 0.240. The van der Waals surface area contributed by atoms with Crippen LogP contribution in [0.25, 0.3) is 0 Å². The minimum atomic E-state index is 0.0719. The van der Waals surface area contributed by atoms with Crippen molar-refractivity contribution in [3.8, 4) is 0 Å². The molecule has 1 aromatic carbocycles. The van der Waals surface area contributed by atoms with E-state index in [4.69, 9.17) is 0 Å². The number of aliphatic hydroxyl groups is 1. The van der Waals surface area contributed by atoms with Gasteiger partial charge in [0, 0.05) is 25.3 Å². The lowest BCUT2D eigenvalue weighted by atomic mass is 10.1. The molecule has 2 aromatic rings. The standard InChI is InChI=1S/C15H21N3O/c1-2-18-12-16-9-15(18)10-17-14(11-19)8-13-6-4-3-5-7-13/h3-7,9,12,14,17,19H,2,8,10-11H2,1H3/t14-/m0/s1. The highest BCUT2D eigenvalue weighted by atomic mass is 16.3. The van der Waals surface area contributed by atoms with Gasteiger partial charge < -0.3 is 15.0 Å². The van der Waals surface area contributed by atoms with Crippen LogP contribution in [0.5, 0.6) is 0 Å². The Morgan fingerprint density at radius 3 is 2.79 bits per heavy atom. The molecule has 0 bridgehead atoms. The highest BCUT2D eigenvalue weighted by Gasteiger charge is 2.09. The van der Waals surface area contributed by atoms with Gasteiger partial charge in [0.1, 0.15) is 0 Å². The topological polar surface area (TPSA) is 50.1 Å². The summed E-state index contributed by atoms with van der Waals surface area (Å²) in [6.45, 7) is 3.87. The molecule has 0 aliphatic carbocycles. The van der Waals surface area contributed by atoms with Crippen molar-refractivity contribution in [2.45, 2.75) is 32.5 Å². The second-order valence-electron chi connectivity index (χ2n) is 4.62. The maximum Gasteiger partial charge on any atom is 0.0948 e. The summed E-state index contributed by atoms with van der Waals surface area (Å²) in [5.74, 6) is 0. The third kappa shape index (κ3) is 3.91. The SMILES string of the molecule is CCn1cncc1CN[C@H](CO)Cc1ccccc1. The molecule has 0 aliphatic heterocycles. The zero-order chi connectivity index (χ0) is 13.5. The largest absolute Gasteiger partial charge is 0.395 e. The Kier molecular flexibility index (Phi) is 5.12. The fourth-order valence-electron chi connectivity index (χ4n) is 2.13. The van der Waals surface area contributed by atoms with Crippen LogP contribution in [-0.2, 0) is 19.5 Å². The van der Waals surface area contributed by atoms with Crippen molar-refractivity contribution in [1.82, 2.24) is 14.9 Å². The van der Waals surface area contributed by atoms with E-state index in [1.807, 2.05) is 30.7 Å². The maximum atomic E-state index is 9.46. The lowest BCUT2D eigenvalue weighted by Gasteiger charge is -2.16. The van der Waals surface area contributed by atoms with Crippen LogP contribution in [0.15, 0.2) is 42.9 Å². The fourth-order valence-corrected chi connectivity index (χ4v) is 2.13. The molecule has 0 radical (unpaired) electrons. The number of hydrogen-bond acceptors (Lipinski definition) is 3. The third-order valence-electron chi connectivity index (χ3n) is 3.26. The molecule has 102 valence electrons. The molecular weight excluding hydrogens is 238 g/mol. The predicted molar refractivity (Wildman–Crippen MR) is 75.8 cm³/mol. The van der Waals surface area contributed by atoms with Gasteiger partial charge in [-0.15, -0.1) is 0 Å². The molecule has 0 spiro atoms. The summed E-state index contributed by atoms with van der Waals surface area (Å²) < 4.78 is 2.10. The van der Waals surface area contributed by atoms with Crippen LogP contribution < -0.4 is 5.32 Å². The average Bonchev–Trinajstić information content (AvgIpc) is 2.92. The molecule has 1 aromatic heterocycles. The second kappa shape index (κ2) is 7.07. The van der Waals surface area contributed by atoms with Gasteiger partial charge in [0.05, 0.1) is 18.6 Å². The van der Waals surface area contributed by atoms with Crippen molar-refractivity contribution in [2.75, 3.05) is 6.61 Å². The Balaban J connectivity index is 1.89. The summed E-state index contributed by atoms with van der Waals surface area (Å²) in [6, 6.07) is 10.3. The van der Waals surface area contributed by atoms with Crippen molar-refractivity contribution in [3.63, 3.8) is 0 Å². The number of benzene rings is 1. The Labute approximate surface area is 114 Å². The highest BCUT2D eigenvalue weighted by molar-refractivity contribution is 5.16. The molecule has 0 saturated heterocycles. The van der Waals surface area contributed by atoms with Gasteiger partial charge in [0.15, 0.2) is 0 Å². The van der Waals surface area contributed by atoms with Crippen LogP contribution in [0.3, 0.4) is 0 Å². The minimum Gasteiger partial charge on any atom is -0.395 e. The van der Waals surface area contributed by atoms with Gasteiger partial charge in [0.25, 0.3) is 0 Å². The quantitative estimate of drug-likeness (QED) is 0.794. The molecule has 0 amide bonds. The molecule has 19 heavy (non-hydrogen) atoms. The monoisotopic (exact) mass is 259 g/mol. The molecule has 0 fully saturated rings. The summed E-state index contributed by atoms with van der Waals surface area (Å²) in [4.78, 5) is 4.14. The summed E-state index contributed by atoms with van der Waals surface area (Å²) in [6.07, 6.45) is 4.53. The molecule has 4 heteroatoms. The lowest BCUT2D eigenvalue weighted by Crippen LogP contribution is -2.34. The molecule has 0 saturated carbocycles. The third-order valence-corrected chi connectivity index (χ3v) is 3.26. The van der Waals surface area contributed by atoms with E-state index in [1.165, 1.54) is 5.56 Å². The van der Waals surface area contributed by atoms with Crippen molar-refractivity contribution >= 4 is 0 Å². The minimum absolute atomic E-state index is 0.0719. The van der Waals surface area contributed by atoms with Gasteiger partial charge in [-0.05, 0) is 18.9 Å². The predicted octanol–water partition coefficient (Wildman–Crippen LogP) is 1.60. The Bertz CT molecular complexity index is 481. The molecule has 0 aliphatic rings. The smallest absolute Gasteiger partial charge is 0.0948 e. The molecule has 1 heterocycles. The Hall–Kier alpha value is -1.65. The zero-order valence-electron chi connectivity index (χ0n) is 11.3. The van der Waals surface area contributed by atoms with Gasteiger partial charge >= 0.3 is 0 Å². The van der Waals surface area contributed by atoms with E-state index in [-0.39, 0.29) is 12.6 Å². The zero-order valence-corrected chi connectivity index (χ0v) is 11.3. The van der Waals surface area contributed by atoms with E-state index in [2.05, 4.69) is 33.9 Å². The van der Waals surface area contributed by atoms with Crippen LogP contribution in [0.4, 0.5) is 0 Å². The van der Waals surface area contributed by atoms with E-state index in [9.17, 15) is 5.11 Å². The Morgan fingerprint density at radius 2 is 2.11 bits per heavy atom. The first-order chi connectivity index (χ1) is 9.33. The number of hydrogen-bond donors (Lipinski definition) is 2. The van der Waals surface area contributed by atoms with Crippen molar-refractivity contribution in [3.05, 3.63) is 54.1 Å². The van der Waals surface area contributed by atoms with Crippen LogP contribution in [0.1, 0.15) is 18.2 Å². The summed E-state index contributed by atoms with van der Waals surface area (Å²) >= 11 is 0. The first-order valence-electron chi connectivity index (χ1n) is 6.70. The van der Waals surface area contributed by atoms with Gasteiger partial charge in [-0.1, -0.05) is 30.3 Å². The van der Waals surface area contributed by atoms with Gasteiger partial charge in [-0.25, -0.2) is 4.98 Å². The van der Waals surface area contributed by atoms with E-state index in [0.29, 0.717) is 0 Å². The van der Waals surface area contributed by atoms with E-state index < -0.39 is 0 Å². The first-order valence-corrected chi connectivity index (χ1v) is 6.70. The van der Waals surface area contributed by atoms with Crippen molar-refractivity contribution < 1.29 is 5.11 Å². The number of aromatic nitrogens is 2. The average molecular weight is 259 g/mol. The van der Waals surface area contributed by atoms with Gasteiger partial charge in [-0.2, -0.15) is 0 Å². The molecule has 1 atom stereocenters. The number of rotatable bonds is 7. The number of nitrogens with zero attached hydrogens (tertiary/aromatic N) is 2. The molecule has 2 rings (SSSR count). The number of aryl methyl sites for hydroxylation is 1. The van der Waals surface area contributed by atoms with Gasteiger partial charge in [-0.3, -0.25) is 0 Å². The number of nitrogens with one attached hydrogen (secondary N) is 1. The van der Waals surface area contributed by atoms with Gasteiger partial charge in [0.2, 0.25) is 0 Å². The Morgan fingerprint density at radius 1 is 1.32 bits per heavy atom. The molecule has 2 N–H and O–H groups in total. The fraction of sp³-hybridized carbons (Fsp3) is 0.400. The molecular formula is C15H21N3O. The van der Waals surface area contributed by atoms with Crippen LogP contribution in [0, 0.1) is 0 Å². The van der Waals surface area contributed by atoms with E-state index in [0.717, 1.165) is 25.2 Å². The summed E-state index contributed by atoms with van der Waals surface area (Å²) in [7, 11) is 0. The van der Waals surface area contributed by atoms with E-state index in [1.54, 1.807) is 0 Å². The van der Waals surface area contributed by atoms with Crippen molar-refractivity contribution in [2.24, 2.45) is 0 Å². The molecule has 4 nitrogen and oxygen atoms in total. The van der Waals surface area contributed by atoms with Crippen LogP contribution >= 0.6 is 0 Å². The number of imidazole rings is 1.